The zero-order valence-corrected chi connectivity index (χ0v) is 17.7. The molecule has 0 aliphatic carbocycles. The van der Waals surface area contributed by atoms with E-state index in [1.807, 2.05) is 6.92 Å². The summed E-state index contributed by atoms with van der Waals surface area (Å²) in [5.41, 5.74) is 3.45. The molecule has 9 heteroatoms. The number of carbonyl (C=O) groups is 2. The maximum absolute atomic E-state index is 12.4. The summed E-state index contributed by atoms with van der Waals surface area (Å²) in [5.74, 6) is 0.219. The van der Waals surface area contributed by atoms with Gasteiger partial charge in [0, 0.05) is 5.56 Å². The zero-order valence-electron chi connectivity index (χ0n) is 17.7. The summed E-state index contributed by atoms with van der Waals surface area (Å²) >= 11 is 0. The summed E-state index contributed by atoms with van der Waals surface area (Å²) in [6, 6.07) is 9.77. The largest absolute Gasteiger partial charge is 0.493 e. The molecule has 0 fully saturated rings. The molecule has 0 aliphatic heterocycles. The summed E-state index contributed by atoms with van der Waals surface area (Å²) in [6.07, 6.45) is 2.30. The molecule has 2 N–H and O–H groups in total. The van der Waals surface area contributed by atoms with E-state index in [9.17, 15) is 9.59 Å². The number of aliphatic carboxylic acids is 1. The number of methoxy groups -OCH3 is 1. The normalized spacial score (nSPS) is 10.5. The van der Waals surface area contributed by atoms with Crippen LogP contribution in [0, 0.1) is 0 Å². The van der Waals surface area contributed by atoms with Gasteiger partial charge in [0.2, 0.25) is 0 Å². The summed E-state index contributed by atoms with van der Waals surface area (Å²) < 4.78 is 21.5. The summed E-state index contributed by atoms with van der Waals surface area (Å²) in [5, 5.41) is 12.7. The van der Waals surface area contributed by atoms with E-state index in [0.717, 1.165) is 6.42 Å². The van der Waals surface area contributed by atoms with Gasteiger partial charge in [-0.05, 0) is 55.3 Å². The Bertz CT molecular complexity index is 928. The number of nitrogens with zero attached hydrogens (tertiary/aromatic N) is 1. The van der Waals surface area contributed by atoms with Gasteiger partial charge in [0.15, 0.2) is 29.6 Å². The van der Waals surface area contributed by atoms with Crippen molar-refractivity contribution >= 4 is 18.1 Å². The van der Waals surface area contributed by atoms with Crippen molar-refractivity contribution in [3.05, 3.63) is 47.5 Å². The van der Waals surface area contributed by atoms with Gasteiger partial charge in [0.1, 0.15) is 0 Å². The van der Waals surface area contributed by atoms with Crippen LogP contribution in [0.15, 0.2) is 41.5 Å². The number of rotatable bonds is 12. The van der Waals surface area contributed by atoms with Gasteiger partial charge in [0.05, 0.1) is 26.5 Å². The molecule has 0 aliphatic rings. The Morgan fingerprint density at radius 3 is 2.42 bits per heavy atom. The lowest BCUT2D eigenvalue weighted by Gasteiger charge is -2.11. The van der Waals surface area contributed by atoms with Crippen molar-refractivity contribution in [3.63, 3.8) is 0 Å². The number of carboxylic acid groups (broad SMARTS) is 1. The highest BCUT2D eigenvalue weighted by molar-refractivity contribution is 5.95. The van der Waals surface area contributed by atoms with Crippen LogP contribution in [0.2, 0.25) is 0 Å². The lowest BCUT2D eigenvalue weighted by atomic mass is 10.2. The number of benzene rings is 2. The van der Waals surface area contributed by atoms with Crippen LogP contribution in [0.4, 0.5) is 0 Å². The summed E-state index contributed by atoms with van der Waals surface area (Å²) in [4.78, 5) is 23.1. The van der Waals surface area contributed by atoms with E-state index in [0.29, 0.717) is 47.3 Å². The highest BCUT2D eigenvalue weighted by Crippen LogP contribution is 2.29. The standard InChI is InChI=1S/C22H26N2O7/c1-4-10-30-17-9-7-16(12-19(17)28-3)22(27)24-23-13-15-6-8-18(31-14-21(25)26)20(11-15)29-5-2/h6-9,11-13H,4-5,10,14H2,1-3H3,(H,24,27)(H,25,26)/b23-13+. The first-order valence-corrected chi connectivity index (χ1v) is 9.74. The maximum Gasteiger partial charge on any atom is 0.341 e. The molecule has 0 saturated carbocycles. The van der Waals surface area contributed by atoms with E-state index in [1.54, 1.807) is 43.3 Å². The zero-order chi connectivity index (χ0) is 22.6. The van der Waals surface area contributed by atoms with E-state index >= 15 is 0 Å². The predicted molar refractivity (Wildman–Crippen MR) is 115 cm³/mol. The van der Waals surface area contributed by atoms with Gasteiger partial charge in [0.25, 0.3) is 5.91 Å². The fraction of sp³-hybridized carbons (Fsp3) is 0.318. The minimum atomic E-state index is -1.09. The number of ether oxygens (including phenoxy) is 4. The molecule has 0 bridgehead atoms. The third-order valence-corrected chi connectivity index (χ3v) is 3.89. The van der Waals surface area contributed by atoms with Gasteiger partial charge in [-0.3, -0.25) is 4.79 Å². The fourth-order valence-corrected chi connectivity index (χ4v) is 2.50. The van der Waals surface area contributed by atoms with Crippen molar-refractivity contribution in [1.82, 2.24) is 5.43 Å². The number of hydrogen-bond acceptors (Lipinski definition) is 7. The van der Waals surface area contributed by atoms with Crippen LogP contribution >= 0.6 is 0 Å². The molecule has 0 saturated heterocycles. The van der Waals surface area contributed by atoms with Gasteiger partial charge in [-0.25, -0.2) is 10.2 Å². The van der Waals surface area contributed by atoms with Gasteiger partial charge >= 0.3 is 5.97 Å². The average molecular weight is 430 g/mol. The topological polar surface area (TPSA) is 116 Å². The molecule has 0 atom stereocenters. The molecule has 0 heterocycles. The second-order valence-corrected chi connectivity index (χ2v) is 6.23. The SMILES string of the molecule is CCCOc1ccc(C(=O)N/N=C/c2ccc(OCC(=O)O)c(OCC)c2)cc1OC. The molecule has 2 rings (SSSR count). The number of carboxylic acids is 1. The smallest absolute Gasteiger partial charge is 0.341 e. The van der Waals surface area contributed by atoms with Crippen molar-refractivity contribution in [2.75, 3.05) is 26.9 Å². The number of amides is 1. The molecule has 0 radical (unpaired) electrons. The van der Waals surface area contributed by atoms with E-state index < -0.39 is 18.5 Å². The van der Waals surface area contributed by atoms with Gasteiger partial charge < -0.3 is 24.1 Å². The number of nitrogens with one attached hydrogen (secondary N) is 1. The molecule has 166 valence electrons. The van der Waals surface area contributed by atoms with E-state index in [2.05, 4.69) is 10.5 Å². The highest BCUT2D eigenvalue weighted by Gasteiger charge is 2.11. The Balaban J connectivity index is 2.06. The molecular formula is C22H26N2O7. The minimum absolute atomic E-state index is 0.308. The predicted octanol–water partition coefficient (Wildman–Crippen LogP) is 3.11. The van der Waals surface area contributed by atoms with E-state index in [-0.39, 0.29) is 0 Å². The van der Waals surface area contributed by atoms with Crippen molar-refractivity contribution in [3.8, 4) is 23.0 Å². The Labute approximate surface area is 180 Å². The van der Waals surface area contributed by atoms with Gasteiger partial charge in [-0.2, -0.15) is 5.10 Å². The first-order chi connectivity index (χ1) is 15.0. The van der Waals surface area contributed by atoms with Crippen LogP contribution in [-0.2, 0) is 4.79 Å². The van der Waals surface area contributed by atoms with Crippen LogP contribution in [0.3, 0.4) is 0 Å². The van der Waals surface area contributed by atoms with E-state index in [1.165, 1.54) is 13.3 Å². The Morgan fingerprint density at radius 2 is 1.74 bits per heavy atom. The van der Waals surface area contributed by atoms with Crippen molar-refractivity contribution < 1.29 is 33.6 Å². The second kappa shape index (κ2) is 12.1. The molecular weight excluding hydrogens is 404 g/mol. The quantitative estimate of drug-likeness (QED) is 0.393. The van der Waals surface area contributed by atoms with Gasteiger partial charge in [-0.15, -0.1) is 0 Å². The molecule has 2 aromatic rings. The van der Waals surface area contributed by atoms with Gasteiger partial charge in [-0.1, -0.05) is 6.92 Å². The first-order valence-electron chi connectivity index (χ1n) is 9.74. The van der Waals surface area contributed by atoms with Crippen molar-refractivity contribution in [2.45, 2.75) is 20.3 Å². The molecule has 2 aromatic carbocycles. The highest BCUT2D eigenvalue weighted by atomic mass is 16.5. The summed E-state index contributed by atoms with van der Waals surface area (Å²) in [7, 11) is 1.51. The Hall–Kier alpha value is -3.75. The van der Waals surface area contributed by atoms with Crippen LogP contribution in [0.5, 0.6) is 23.0 Å². The van der Waals surface area contributed by atoms with Crippen molar-refractivity contribution in [2.24, 2.45) is 5.10 Å². The second-order valence-electron chi connectivity index (χ2n) is 6.23. The number of hydrazone groups is 1. The maximum atomic E-state index is 12.4. The first kappa shape index (κ1) is 23.5. The van der Waals surface area contributed by atoms with Crippen LogP contribution < -0.4 is 24.4 Å². The average Bonchev–Trinajstić information content (AvgIpc) is 2.77. The number of hydrogen-bond donors (Lipinski definition) is 2. The van der Waals surface area contributed by atoms with Crippen LogP contribution in [0.25, 0.3) is 0 Å². The molecule has 0 spiro atoms. The lowest BCUT2D eigenvalue weighted by molar-refractivity contribution is -0.139. The molecule has 9 nitrogen and oxygen atoms in total. The fourth-order valence-electron chi connectivity index (χ4n) is 2.50. The van der Waals surface area contributed by atoms with Crippen molar-refractivity contribution in [1.29, 1.82) is 0 Å². The molecule has 0 unspecified atom stereocenters. The summed E-state index contributed by atoms with van der Waals surface area (Å²) in [6.45, 7) is 4.25. The minimum Gasteiger partial charge on any atom is -0.493 e. The van der Waals surface area contributed by atoms with E-state index in [4.69, 9.17) is 24.1 Å². The van der Waals surface area contributed by atoms with Crippen LogP contribution in [-0.4, -0.2) is 50.1 Å². The Morgan fingerprint density at radius 1 is 1.00 bits per heavy atom. The lowest BCUT2D eigenvalue weighted by Crippen LogP contribution is -2.17. The third kappa shape index (κ3) is 7.22. The molecule has 1 amide bonds. The molecule has 0 aromatic heterocycles. The number of carbonyl (C=O) groups excluding carboxylic acids is 1. The third-order valence-electron chi connectivity index (χ3n) is 3.89. The monoisotopic (exact) mass is 430 g/mol. The Kier molecular flexibility index (Phi) is 9.15. The van der Waals surface area contributed by atoms with Crippen LogP contribution in [0.1, 0.15) is 36.2 Å². The molecule has 31 heavy (non-hydrogen) atoms.